The molecule has 0 aromatic carbocycles. The number of nitrogen functional groups attached to an aromatic ring is 1. The number of hydrogen-bond acceptors (Lipinski definition) is 5. The number of amides is 1. The first-order chi connectivity index (χ1) is 10.1. The van der Waals surface area contributed by atoms with Gasteiger partial charge in [0.25, 0.3) is 5.91 Å². The largest absolute Gasteiger partial charge is 0.462 e. The van der Waals surface area contributed by atoms with Gasteiger partial charge in [-0.05, 0) is 31.7 Å². The SMILES string of the molecule is CCCc1c(C(=O)OCC)sc(N)c1C(=O)N1CCCC1. The van der Waals surface area contributed by atoms with E-state index >= 15 is 0 Å². The molecule has 0 spiro atoms. The van der Waals surface area contributed by atoms with Crippen molar-refractivity contribution in [3.05, 3.63) is 16.0 Å². The van der Waals surface area contributed by atoms with E-state index in [0.717, 1.165) is 37.9 Å². The molecule has 0 saturated carbocycles. The zero-order chi connectivity index (χ0) is 15.4. The van der Waals surface area contributed by atoms with Crippen LogP contribution in [-0.2, 0) is 11.2 Å². The van der Waals surface area contributed by atoms with E-state index in [9.17, 15) is 9.59 Å². The fourth-order valence-electron chi connectivity index (χ4n) is 2.65. The summed E-state index contributed by atoms with van der Waals surface area (Å²) in [7, 11) is 0. The van der Waals surface area contributed by atoms with Crippen molar-refractivity contribution in [1.29, 1.82) is 0 Å². The molecule has 0 atom stereocenters. The fourth-order valence-corrected chi connectivity index (χ4v) is 3.65. The van der Waals surface area contributed by atoms with E-state index in [4.69, 9.17) is 10.5 Å². The second-order valence-electron chi connectivity index (χ2n) is 5.12. The number of hydrogen-bond donors (Lipinski definition) is 1. The van der Waals surface area contributed by atoms with Crippen molar-refractivity contribution < 1.29 is 14.3 Å². The first-order valence-corrected chi connectivity index (χ1v) is 8.29. The Morgan fingerprint density at radius 3 is 2.52 bits per heavy atom. The van der Waals surface area contributed by atoms with E-state index in [1.54, 1.807) is 6.92 Å². The summed E-state index contributed by atoms with van der Waals surface area (Å²) in [5, 5.41) is 0.429. The van der Waals surface area contributed by atoms with Gasteiger partial charge >= 0.3 is 5.97 Å². The molecule has 2 N–H and O–H groups in total. The number of nitrogens with two attached hydrogens (primary N) is 1. The molecular weight excluding hydrogens is 288 g/mol. The highest BCUT2D eigenvalue weighted by Gasteiger charge is 2.29. The van der Waals surface area contributed by atoms with E-state index in [0.29, 0.717) is 28.5 Å². The van der Waals surface area contributed by atoms with Crippen molar-refractivity contribution in [2.45, 2.75) is 39.5 Å². The van der Waals surface area contributed by atoms with Gasteiger partial charge in [0.1, 0.15) is 4.88 Å². The molecule has 1 fully saturated rings. The van der Waals surface area contributed by atoms with Crippen molar-refractivity contribution in [2.75, 3.05) is 25.4 Å². The quantitative estimate of drug-likeness (QED) is 0.849. The third-order valence-corrected chi connectivity index (χ3v) is 4.64. The zero-order valence-corrected chi connectivity index (χ0v) is 13.4. The van der Waals surface area contributed by atoms with Crippen molar-refractivity contribution in [3.8, 4) is 0 Å². The third-order valence-electron chi connectivity index (χ3n) is 3.60. The van der Waals surface area contributed by atoms with Crippen molar-refractivity contribution in [2.24, 2.45) is 0 Å². The van der Waals surface area contributed by atoms with Crippen LogP contribution in [0.3, 0.4) is 0 Å². The molecule has 1 aromatic heterocycles. The maximum Gasteiger partial charge on any atom is 0.348 e. The topological polar surface area (TPSA) is 72.6 Å². The van der Waals surface area contributed by atoms with Crippen LogP contribution in [0.5, 0.6) is 0 Å². The summed E-state index contributed by atoms with van der Waals surface area (Å²) in [5.74, 6) is -0.418. The van der Waals surface area contributed by atoms with Crippen LogP contribution in [0, 0.1) is 0 Å². The minimum Gasteiger partial charge on any atom is -0.462 e. The minimum atomic E-state index is -0.377. The summed E-state index contributed by atoms with van der Waals surface area (Å²) in [4.78, 5) is 27.0. The molecule has 1 aromatic rings. The van der Waals surface area contributed by atoms with Gasteiger partial charge in [-0.25, -0.2) is 4.79 Å². The van der Waals surface area contributed by atoms with Crippen LogP contribution in [0.2, 0.25) is 0 Å². The summed E-state index contributed by atoms with van der Waals surface area (Å²) in [6.45, 7) is 5.65. The summed E-state index contributed by atoms with van der Waals surface area (Å²) >= 11 is 1.17. The standard InChI is InChI=1S/C15H22N2O3S/c1-3-7-10-11(14(18)17-8-5-6-9-17)13(16)21-12(10)15(19)20-4-2/h3-9,16H2,1-2H3. The van der Waals surface area contributed by atoms with Gasteiger partial charge in [-0.1, -0.05) is 13.3 Å². The molecule has 21 heavy (non-hydrogen) atoms. The van der Waals surface area contributed by atoms with Gasteiger partial charge in [0, 0.05) is 13.1 Å². The molecule has 2 heterocycles. The molecule has 6 heteroatoms. The lowest BCUT2D eigenvalue weighted by molar-refractivity contribution is 0.0531. The lowest BCUT2D eigenvalue weighted by atomic mass is 10.0. The monoisotopic (exact) mass is 310 g/mol. The lowest BCUT2D eigenvalue weighted by Gasteiger charge is -2.16. The van der Waals surface area contributed by atoms with Gasteiger partial charge in [-0.15, -0.1) is 11.3 Å². The van der Waals surface area contributed by atoms with Crippen LogP contribution in [-0.4, -0.2) is 36.5 Å². The minimum absolute atomic E-state index is 0.0414. The number of carbonyl (C=O) groups excluding carboxylic acids is 2. The van der Waals surface area contributed by atoms with Gasteiger partial charge < -0.3 is 15.4 Å². The summed E-state index contributed by atoms with van der Waals surface area (Å²) in [5.41, 5.74) is 7.32. The van der Waals surface area contributed by atoms with Gasteiger partial charge in [-0.3, -0.25) is 4.79 Å². The number of anilines is 1. The van der Waals surface area contributed by atoms with Crippen molar-refractivity contribution in [1.82, 2.24) is 4.90 Å². The second-order valence-corrected chi connectivity index (χ2v) is 6.17. The normalized spacial score (nSPS) is 14.5. The van der Waals surface area contributed by atoms with Crippen LogP contribution in [0.25, 0.3) is 0 Å². The second kappa shape index (κ2) is 6.93. The number of rotatable bonds is 5. The molecule has 116 valence electrons. The zero-order valence-electron chi connectivity index (χ0n) is 12.6. The molecule has 1 amide bonds. The van der Waals surface area contributed by atoms with E-state index in [1.807, 2.05) is 11.8 Å². The lowest BCUT2D eigenvalue weighted by Crippen LogP contribution is -2.28. The molecular formula is C15H22N2O3S. The molecule has 0 radical (unpaired) electrons. The predicted octanol–water partition coefficient (Wildman–Crippen LogP) is 2.70. The highest BCUT2D eigenvalue weighted by molar-refractivity contribution is 7.18. The molecule has 5 nitrogen and oxygen atoms in total. The molecule has 1 aliphatic rings. The van der Waals surface area contributed by atoms with Crippen molar-refractivity contribution >= 4 is 28.2 Å². The Balaban J connectivity index is 2.39. The fraction of sp³-hybridized carbons (Fsp3) is 0.600. The van der Waals surface area contributed by atoms with Gasteiger partial charge in [0.15, 0.2) is 0 Å². The van der Waals surface area contributed by atoms with Gasteiger partial charge in [-0.2, -0.15) is 0 Å². The van der Waals surface area contributed by atoms with Crippen LogP contribution in [0.15, 0.2) is 0 Å². The summed E-state index contributed by atoms with van der Waals surface area (Å²) in [6.07, 6.45) is 3.58. The number of thiophene rings is 1. The average Bonchev–Trinajstić information content (AvgIpc) is 3.07. The Hall–Kier alpha value is -1.56. The molecule has 0 unspecified atom stereocenters. The van der Waals surface area contributed by atoms with Crippen LogP contribution >= 0.6 is 11.3 Å². The summed E-state index contributed by atoms with van der Waals surface area (Å²) in [6, 6.07) is 0. The molecule has 2 rings (SSSR count). The van der Waals surface area contributed by atoms with Crippen LogP contribution in [0.4, 0.5) is 5.00 Å². The Kier molecular flexibility index (Phi) is 5.22. The highest BCUT2D eigenvalue weighted by Crippen LogP contribution is 2.34. The number of esters is 1. The highest BCUT2D eigenvalue weighted by atomic mass is 32.1. The molecule has 1 saturated heterocycles. The maximum atomic E-state index is 12.7. The number of nitrogens with zero attached hydrogens (tertiary/aromatic N) is 1. The number of ether oxygens (including phenoxy) is 1. The predicted molar refractivity (Wildman–Crippen MR) is 83.8 cm³/mol. The van der Waals surface area contributed by atoms with Crippen molar-refractivity contribution in [3.63, 3.8) is 0 Å². The van der Waals surface area contributed by atoms with E-state index in [1.165, 1.54) is 11.3 Å². The van der Waals surface area contributed by atoms with E-state index in [-0.39, 0.29) is 11.9 Å². The van der Waals surface area contributed by atoms with E-state index in [2.05, 4.69) is 0 Å². The smallest absolute Gasteiger partial charge is 0.348 e. The van der Waals surface area contributed by atoms with E-state index < -0.39 is 0 Å². The number of likely N-dealkylation sites (tertiary alicyclic amines) is 1. The first-order valence-electron chi connectivity index (χ1n) is 7.47. The Morgan fingerprint density at radius 2 is 1.95 bits per heavy atom. The Bertz CT molecular complexity index is 533. The Morgan fingerprint density at radius 1 is 1.29 bits per heavy atom. The average molecular weight is 310 g/mol. The maximum absolute atomic E-state index is 12.7. The number of carbonyl (C=O) groups is 2. The summed E-state index contributed by atoms with van der Waals surface area (Å²) < 4.78 is 5.08. The third kappa shape index (κ3) is 3.20. The Labute approximate surface area is 129 Å². The molecule has 0 bridgehead atoms. The van der Waals surface area contributed by atoms with Gasteiger partial charge in [0.2, 0.25) is 0 Å². The van der Waals surface area contributed by atoms with Crippen LogP contribution < -0.4 is 5.73 Å². The first kappa shape index (κ1) is 15.8. The van der Waals surface area contributed by atoms with Gasteiger partial charge in [0.05, 0.1) is 17.2 Å². The molecule has 1 aliphatic heterocycles. The molecule has 0 aliphatic carbocycles. The van der Waals surface area contributed by atoms with Crippen LogP contribution in [0.1, 0.15) is 58.7 Å².